The normalized spacial score (nSPS) is 16.9. The number of rotatable bonds is 9. The Hall–Kier alpha value is -2.30. The highest BCUT2D eigenvalue weighted by molar-refractivity contribution is 6.50. The fourth-order valence-electron chi connectivity index (χ4n) is 3.21. The van der Waals surface area contributed by atoms with Crippen LogP contribution in [0.15, 0.2) is 18.2 Å². The number of hydrogen-bond acceptors (Lipinski definition) is 6. The van der Waals surface area contributed by atoms with Crippen LogP contribution in [0.5, 0.6) is 0 Å². The number of carbonyl (C=O) groups is 4. The monoisotopic (exact) mass is 499 g/mol. The van der Waals surface area contributed by atoms with Crippen LogP contribution in [0.4, 0.5) is 0 Å². The summed E-state index contributed by atoms with van der Waals surface area (Å²) in [4.78, 5) is 49.3. The molecule has 1 aromatic carbocycles. The second-order valence-electron chi connectivity index (χ2n) is 8.46. The zero-order valence-corrected chi connectivity index (χ0v) is 20.5. The molecule has 2 rings (SSSR count). The van der Waals surface area contributed by atoms with Gasteiger partial charge in [-0.1, -0.05) is 37.0 Å². The molecule has 180 valence electrons. The van der Waals surface area contributed by atoms with Gasteiger partial charge >= 0.3 is 7.12 Å². The highest BCUT2D eigenvalue weighted by Gasteiger charge is 2.44. The van der Waals surface area contributed by atoms with E-state index in [0.29, 0.717) is 11.4 Å². The summed E-state index contributed by atoms with van der Waals surface area (Å²) in [7, 11) is -1.14. The largest absolute Gasteiger partial charge is 0.551 e. The lowest BCUT2D eigenvalue weighted by Crippen LogP contribution is -2.58. The fourth-order valence-corrected chi connectivity index (χ4v) is 3.58. The third-order valence-corrected chi connectivity index (χ3v) is 5.17. The highest BCUT2D eigenvalue weighted by atomic mass is 35.5. The van der Waals surface area contributed by atoms with Crippen LogP contribution in [0.3, 0.4) is 0 Å². The van der Waals surface area contributed by atoms with Crippen molar-refractivity contribution in [3.63, 3.8) is 0 Å². The van der Waals surface area contributed by atoms with Gasteiger partial charge in [0.2, 0.25) is 11.8 Å². The smallest absolute Gasteiger partial charge is 0.508 e. The molecular weight excluding hydrogens is 472 g/mol. The van der Waals surface area contributed by atoms with Crippen LogP contribution in [0.25, 0.3) is 0 Å². The predicted octanol–water partition coefficient (Wildman–Crippen LogP) is 2.14. The molecular formula is C21H28BCl2N3O6. The molecule has 0 aromatic heterocycles. The first-order valence-electron chi connectivity index (χ1n) is 10.6. The quantitative estimate of drug-likeness (QED) is 0.447. The summed E-state index contributed by atoms with van der Waals surface area (Å²) >= 11 is 11.9. The first kappa shape index (κ1) is 27.0. The van der Waals surface area contributed by atoms with Crippen LogP contribution in [0.1, 0.15) is 50.9 Å². The lowest BCUT2D eigenvalue weighted by molar-refractivity contribution is -0.149. The highest BCUT2D eigenvalue weighted by Crippen LogP contribution is 2.21. The van der Waals surface area contributed by atoms with Gasteiger partial charge in [0.15, 0.2) is 0 Å². The van der Waals surface area contributed by atoms with Crippen molar-refractivity contribution in [3.8, 4) is 0 Å². The molecule has 3 amide bonds. The van der Waals surface area contributed by atoms with Crippen molar-refractivity contribution in [2.45, 2.75) is 58.6 Å². The summed E-state index contributed by atoms with van der Waals surface area (Å²) in [5, 5.41) is 8.44. The van der Waals surface area contributed by atoms with E-state index in [0.717, 1.165) is 0 Å². The van der Waals surface area contributed by atoms with Crippen LogP contribution < -0.4 is 16.0 Å². The number of nitrogens with one attached hydrogen (secondary N) is 3. The van der Waals surface area contributed by atoms with E-state index in [1.54, 1.807) is 19.9 Å². The maximum atomic E-state index is 12.5. The van der Waals surface area contributed by atoms with E-state index in [1.807, 2.05) is 13.8 Å². The molecule has 1 aliphatic rings. The molecule has 1 saturated heterocycles. The minimum absolute atomic E-state index is 0.113. The van der Waals surface area contributed by atoms with Gasteiger partial charge in [0.05, 0.1) is 29.5 Å². The molecule has 12 heteroatoms. The Balaban J connectivity index is 2.03. The first-order valence-corrected chi connectivity index (χ1v) is 11.4. The number of halogens is 2. The van der Waals surface area contributed by atoms with Gasteiger partial charge in [-0.3, -0.25) is 19.2 Å². The zero-order chi connectivity index (χ0) is 24.7. The van der Waals surface area contributed by atoms with Crippen LogP contribution >= 0.6 is 23.2 Å². The Kier molecular flexibility index (Phi) is 10.0. The second-order valence-corrected chi connectivity index (χ2v) is 9.30. The molecule has 33 heavy (non-hydrogen) atoms. The van der Waals surface area contributed by atoms with Gasteiger partial charge in [0.1, 0.15) is 6.10 Å². The van der Waals surface area contributed by atoms with Gasteiger partial charge in [0, 0.05) is 11.1 Å². The zero-order valence-electron chi connectivity index (χ0n) is 18.9. The molecule has 1 heterocycles. The lowest BCUT2D eigenvalue weighted by atomic mass is 9.72. The average Bonchev–Trinajstić information content (AvgIpc) is 2.72. The van der Waals surface area contributed by atoms with Crippen molar-refractivity contribution in [1.29, 1.82) is 0 Å². The third kappa shape index (κ3) is 8.53. The maximum Gasteiger partial charge on any atom is 0.551 e. The van der Waals surface area contributed by atoms with E-state index in [4.69, 9.17) is 32.5 Å². The number of amides is 3. The number of benzene rings is 1. The van der Waals surface area contributed by atoms with Gasteiger partial charge < -0.3 is 25.3 Å². The van der Waals surface area contributed by atoms with E-state index in [1.165, 1.54) is 12.1 Å². The summed E-state index contributed by atoms with van der Waals surface area (Å²) in [5.74, 6) is -2.72. The molecule has 2 atom stereocenters. The van der Waals surface area contributed by atoms with E-state index in [-0.39, 0.29) is 35.5 Å². The van der Waals surface area contributed by atoms with E-state index < -0.39 is 42.9 Å². The van der Waals surface area contributed by atoms with Crippen LogP contribution in [-0.2, 0) is 23.7 Å². The van der Waals surface area contributed by atoms with Crippen LogP contribution in [0.2, 0.25) is 10.0 Å². The molecule has 0 aliphatic carbocycles. The number of hydrogen-bond donors (Lipinski definition) is 3. The Labute approximate surface area is 203 Å². The summed E-state index contributed by atoms with van der Waals surface area (Å²) in [6.07, 6.45) is -0.820. The van der Waals surface area contributed by atoms with Crippen LogP contribution in [-0.4, -0.2) is 55.4 Å². The standard InChI is InChI=1S/C21H28BCl2N3O6/c1-11(2)7-17(22-32-16(9-19(29)33-22)21(31)26-12(3)4)27-18(28)10-25-20(30)14-8-13(23)5-6-15(14)24/h5-6,8,11-12,16-17H,7,9-10H2,1-4H3,(H,25,30)(H,26,31)(H,27,28)/t16-,17+/m1/s1. The van der Waals surface area contributed by atoms with Crippen molar-refractivity contribution < 1.29 is 28.5 Å². The molecule has 0 radical (unpaired) electrons. The molecule has 0 unspecified atom stereocenters. The average molecular weight is 500 g/mol. The minimum Gasteiger partial charge on any atom is -0.508 e. The van der Waals surface area contributed by atoms with Gasteiger partial charge in [0.25, 0.3) is 11.9 Å². The summed E-state index contributed by atoms with van der Waals surface area (Å²) < 4.78 is 11.0. The van der Waals surface area contributed by atoms with Gasteiger partial charge in [-0.05, 0) is 44.4 Å². The Morgan fingerprint density at radius 3 is 2.48 bits per heavy atom. The van der Waals surface area contributed by atoms with Gasteiger partial charge in [-0.15, -0.1) is 0 Å². The van der Waals surface area contributed by atoms with Crippen molar-refractivity contribution >= 4 is 54.0 Å². The molecule has 1 fully saturated rings. The first-order chi connectivity index (χ1) is 15.5. The molecule has 3 N–H and O–H groups in total. The topological polar surface area (TPSA) is 123 Å². The lowest BCUT2D eigenvalue weighted by Gasteiger charge is -2.32. The maximum absolute atomic E-state index is 12.5. The Bertz CT molecular complexity index is 899. The molecule has 0 spiro atoms. The third-order valence-electron chi connectivity index (χ3n) is 4.60. The van der Waals surface area contributed by atoms with E-state index >= 15 is 0 Å². The van der Waals surface area contributed by atoms with E-state index in [9.17, 15) is 19.2 Å². The van der Waals surface area contributed by atoms with Crippen LogP contribution in [0, 0.1) is 5.92 Å². The number of carbonyl (C=O) groups excluding carboxylic acids is 4. The van der Waals surface area contributed by atoms with Crippen molar-refractivity contribution in [2.75, 3.05) is 6.54 Å². The fraction of sp³-hybridized carbons (Fsp3) is 0.524. The molecule has 9 nitrogen and oxygen atoms in total. The second kappa shape index (κ2) is 12.2. The minimum atomic E-state index is -1.14. The van der Waals surface area contributed by atoms with Crippen molar-refractivity contribution in [3.05, 3.63) is 33.8 Å². The molecule has 0 bridgehead atoms. The van der Waals surface area contributed by atoms with Crippen molar-refractivity contribution in [1.82, 2.24) is 16.0 Å². The SMILES string of the molecule is CC(C)C[C@H](NC(=O)CNC(=O)c1cc(Cl)ccc1Cl)B1OC(=O)C[C@H](C(=O)NC(C)C)O1. The molecule has 1 aliphatic heterocycles. The summed E-state index contributed by atoms with van der Waals surface area (Å²) in [5.41, 5.74) is 0.138. The Morgan fingerprint density at radius 2 is 1.85 bits per heavy atom. The van der Waals surface area contributed by atoms with Crippen molar-refractivity contribution in [2.24, 2.45) is 5.92 Å². The summed E-state index contributed by atoms with van der Waals surface area (Å²) in [6, 6.07) is 4.30. The van der Waals surface area contributed by atoms with Gasteiger partial charge in [-0.2, -0.15) is 0 Å². The molecule has 1 aromatic rings. The van der Waals surface area contributed by atoms with E-state index in [2.05, 4.69) is 16.0 Å². The summed E-state index contributed by atoms with van der Waals surface area (Å²) in [6.45, 7) is 7.09. The van der Waals surface area contributed by atoms with Gasteiger partial charge in [-0.25, -0.2) is 0 Å². The Morgan fingerprint density at radius 1 is 1.15 bits per heavy atom. The predicted molar refractivity (Wildman–Crippen MR) is 125 cm³/mol. The molecule has 0 saturated carbocycles.